The molecule has 17 heavy (non-hydrogen) atoms. The Morgan fingerprint density at radius 1 is 1.29 bits per heavy atom. The first-order valence-corrected chi connectivity index (χ1v) is 5.65. The normalized spacial score (nSPS) is 12.4. The van der Waals surface area contributed by atoms with E-state index < -0.39 is 5.82 Å². The third-order valence-corrected chi connectivity index (χ3v) is 2.81. The standard InChI is InChI=1S/C13H12ClFN2/c14-10-5-4-9(7-11(10)15)8-12(16)13-3-1-2-6-17-13/h1-7,12H,8,16H2. The molecule has 0 bridgehead atoms. The number of halogens is 2. The van der Waals surface area contributed by atoms with Crippen molar-refractivity contribution >= 4 is 11.6 Å². The van der Waals surface area contributed by atoms with Gasteiger partial charge < -0.3 is 5.73 Å². The maximum absolute atomic E-state index is 13.2. The molecule has 1 heterocycles. The highest BCUT2D eigenvalue weighted by atomic mass is 35.5. The van der Waals surface area contributed by atoms with Gasteiger partial charge in [0.2, 0.25) is 0 Å². The molecule has 1 unspecified atom stereocenters. The smallest absolute Gasteiger partial charge is 0.142 e. The Hall–Kier alpha value is -1.45. The summed E-state index contributed by atoms with van der Waals surface area (Å²) in [6.45, 7) is 0. The molecule has 1 atom stereocenters. The fraction of sp³-hybridized carbons (Fsp3) is 0.154. The zero-order chi connectivity index (χ0) is 12.3. The second-order valence-electron chi connectivity index (χ2n) is 3.81. The second-order valence-corrected chi connectivity index (χ2v) is 4.22. The van der Waals surface area contributed by atoms with Crippen LogP contribution >= 0.6 is 11.6 Å². The average Bonchev–Trinajstić information content (AvgIpc) is 2.35. The number of aromatic nitrogens is 1. The van der Waals surface area contributed by atoms with E-state index in [1.54, 1.807) is 12.3 Å². The Kier molecular flexibility index (Phi) is 3.71. The van der Waals surface area contributed by atoms with Crippen molar-refractivity contribution in [3.05, 3.63) is 64.7 Å². The lowest BCUT2D eigenvalue weighted by molar-refractivity contribution is 0.621. The van der Waals surface area contributed by atoms with Gasteiger partial charge in [0, 0.05) is 6.20 Å². The van der Waals surface area contributed by atoms with Gasteiger partial charge in [-0.3, -0.25) is 4.98 Å². The molecule has 0 spiro atoms. The van der Waals surface area contributed by atoms with Crippen LogP contribution in [0.5, 0.6) is 0 Å². The van der Waals surface area contributed by atoms with E-state index in [4.69, 9.17) is 17.3 Å². The summed E-state index contributed by atoms with van der Waals surface area (Å²) in [5.41, 5.74) is 7.60. The van der Waals surface area contributed by atoms with Crippen molar-refractivity contribution in [2.75, 3.05) is 0 Å². The zero-order valence-electron chi connectivity index (χ0n) is 9.11. The molecule has 0 saturated carbocycles. The molecule has 2 aromatic rings. The number of hydrogen-bond acceptors (Lipinski definition) is 2. The van der Waals surface area contributed by atoms with Crippen molar-refractivity contribution in [1.82, 2.24) is 4.98 Å². The number of pyridine rings is 1. The highest BCUT2D eigenvalue weighted by Gasteiger charge is 2.09. The summed E-state index contributed by atoms with van der Waals surface area (Å²) in [6.07, 6.45) is 2.22. The van der Waals surface area contributed by atoms with Gasteiger partial charge >= 0.3 is 0 Å². The van der Waals surface area contributed by atoms with Crippen LogP contribution in [-0.4, -0.2) is 4.98 Å². The van der Waals surface area contributed by atoms with E-state index in [1.165, 1.54) is 12.1 Å². The van der Waals surface area contributed by atoms with Crippen molar-refractivity contribution in [3.63, 3.8) is 0 Å². The van der Waals surface area contributed by atoms with Crippen LogP contribution < -0.4 is 5.73 Å². The van der Waals surface area contributed by atoms with Crippen LogP contribution in [0.25, 0.3) is 0 Å². The topological polar surface area (TPSA) is 38.9 Å². The van der Waals surface area contributed by atoms with E-state index in [2.05, 4.69) is 4.98 Å². The summed E-state index contributed by atoms with van der Waals surface area (Å²) in [6, 6.07) is 10.0. The first-order valence-electron chi connectivity index (χ1n) is 5.27. The summed E-state index contributed by atoms with van der Waals surface area (Å²) >= 11 is 5.62. The largest absolute Gasteiger partial charge is 0.322 e. The third kappa shape index (κ3) is 3.02. The molecular formula is C13H12ClFN2. The van der Waals surface area contributed by atoms with Gasteiger partial charge in [0.1, 0.15) is 5.82 Å². The average molecular weight is 251 g/mol. The zero-order valence-corrected chi connectivity index (χ0v) is 9.86. The van der Waals surface area contributed by atoms with E-state index >= 15 is 0 Å². The van der Waals surface area contributed by atoms with Gasteiger partial charge in [-0.1, -0.05) is 23.7 Å². The van der Waals surface area contributed by atoms with Gasteiger partial charge in [0.25, 0.3) is 0 Å². The molecule has 0 radical (unpaired) electrons. The summed E-state index contributed by atoms with van der Waals surface area (Å²) in [7, 11) is 0. The SMILES string of the molecule is NC(Cc1ccc(Cl)c(F)c1)c1ccccn1. The van der Waals surface area contributed by atoms with Gasteiger partial charge in [-0.05, 0) is 36.2 Å². The highest BCUT2D eigenvalue weighted by Crippen LogP contribution is 2.19. The van der Waals surface area contributed by atoms with Crippen molar-refractivity contribution in [2.45, 2.75) is 12.5 Å². The highest BCUT2D eigenvalue weighted by molar-refractivity contribution is 6.30. The van der Waals surface area contributed by atoms with Crippen LogP contribution in [0.2, 0.25) is 5.02 Å². The summed E-state index contributed by atoms with van der Waals surface area (Å²) < 4.78 is 13.2. The van der Waals surface area contributed by atoms with Gasteiger partial charge in [0.15, 0.2) is 0 Å². The molecule has 4 heteroatoms. The molecule has 0 aliphatic rings. The fourth-order valence-corrected chi connectivity index (χ4v) is 1.74. The van der Waals surface area contributed by atoms with Crippen molar-refractivity contribution in [3.8, 4) is 0 Å². The Balaban J connectivity index is 2.13. The lowest BCUT2D eigenvalue weighted by Gasteiger charge is -2.11. The Labute approximate surface area is 104 Å². The molecule has 0 amide bonds. The van der Waals surface area contributed by atoms with Crippen LogP contribution in [0.4, 0.5) is 4.39 Å². The molecule has 2 nitrogen and oxygen atoms in total. The Morgan fingerprint density at radius 3 is 2.76 bits per heavy atom. The van der Waals surface area contributed by atoms with Gasteiger partial charge in [-0.15, -0.1) is 0 Å². The number of nitrogens with two attached hydrogens (primary N) is 1. The van der Waals surface area contributed by atoms with E-state index in [-0.39, 0.29) is 11.1 Å². The summed E-state index contributed by atoms with van der Waals surface area (Å²) in [5, 5.41) is 0.125. The molecule has 88 valence electrons. The van der Waals surface area contributed by atoms with Crippen LogP contribution in [0.1, 0.15) is 17.3 Å². The predicted octanol–water partition coefficient (Wildman–Crippen LogP) is 3.12. The molecular weight excluding hydrogens is 239 g/mol. The van der Waals surface area contributed by atoms with Crippen molar-refractivity contribution in [2.24, 2.45) is 5.73 Å². The number of rotatable bonds is 3. The maximum atomic E-state index is 13.2. The van der Waals surface area contributed by atoms with Crippen molar-refractivity contribution < 1.29 is 4.39 Å². The molecule has 2 rings (SSSR count). The van der Waals surface area contributed by atoms with Crippen LogP contribution in [0, 0.1) is 5.82 Å². The van der Waals surface area contributed by atoms with E-state index in [9.17, 15) is 4.39 Å². The Bertz CT molecular complexity index is 502. The monoisotopic (exact) mass is 250 g/mol. The van der Waals surface area contributed by atoms with Crippen LogP contribution in [0.15, 0.2) is 42.6 Å². The second kappa shape index (κ2) is 5.25. The van der Waals surface area contributed by atoms with Crippen molar-refractivity contribution in [1.29, 1.82) is 0 Å². The minimum absolute atomic E-state index is 0.125. The van der Waals surface area contributed by atoms with Crippen LogP contribution in [0.3, 0.4) is 0 Å². The predicted molar refractivity (Wildman–Crippen MR) is 66.3 cm³/mol. The molecule has 2 N–H and O–H groups in total. The molecule has 1 aromatic heterocycles. The first-order chi connectivity index (χ1) is 8.16. The number of nitrogens with zero attached hydrogens (tertiary/aromatic N) is 1. The maximum Gasteiger partial charge on any atom is 0.142 e. The molecule has 0 aliphatic heterocycles. The fourth-order valence-electron chi connectivity index (χ4n) is 1.62. The molecule has 1 aromatic carbocycles. The summed E-state index contributed by atoms with van der Waals surface area (Å²) in [5.74, 6) is -0.419. The van der Waals surface area contributed by atoms with Gasteiger partial charge in [-0.25, -0.2) is 4.39 Å². The molecule has 0 aliphatic carbocycles. The first kappa shape index (κ1) is 12.0. The lowest BCUT2D eigenvalue weighted by atomic mass is 10.0. The lowest BCUT2D eigenvalue weighted by Crippen LogP contribution is -2.14. The summed E-state index contributed by atoms with van der Waals surface area (Å²) in [4.78, 5) is 4.17. The number of benzene rings is 1. The van der Waals surface area contributed by atoms with Gasteiger partial charge in [0.05, 0.1) is 16.8 Å². The molecule has 0 fully saturated rings. The Morgan fingerprint density at radius 2 is 2.12 bits per heavy atom. The number of hydrogen-bond donors (Lipinski definition) is 1. The van der Waals surface area contributed by atoms with Gasteiger partial charge in [-0.2, -0.15) is 0 Å². The minimum atomic E-state index is -0.419. The quantitative estimate of drug-likeness (QED) is 0.909. The minimum Gasteiger partial charge on any atom is -0.322 e. The van der Waals surface area contributed by atoms with E-state index in [1.807, 2.05) is 18.2 Å². The molecule has 0 saturated heterocycles. The van der Waals surface area contributed by atoms with Crippen LogP contribution in [-0.2, 0) is 6.42 Å². The van der Waals surface area contributed by atoms with E-state index in [0.717, 1.165) is 11.3 Å². The van der Waals surface area contributed by atoms with E-state index in [0.29, 0.717) is 6.42 Å². The third-order valence-electron chi connectivity index (χ3n) is 2.51.